The van der Waals surface area contributed by atoms with Crippen LogP contribution in [0.15, 0.2) is 0 Å². The Morgan fingerprint density at radius 1 is 0.950 bits per heavy atom. The average molecular weight is 276 g/mol. The second-order valence-electron chi connectivity index (χ2n) is 8.18. The maximum atomic E-state index is 3.89. The normalized spacial score (nSPS) is 35.7. The first-order chi connectivity index (χ1) is 9.86. The summed E-state index contributed by atoms with van der Waals surface area (Å²) in [5.74, 6) is 2.09. The molecule has 20 heavy (non-hydrogen) atoms. The molecular weight excluding hydrogens is 244 g/mol. The Balaban J connectivity index is 1.36. The minimum atomic E-state index is 0.793. The van der Waals surface area contributed by atoms with Gasteiger partial charge in [0, 0.05) is 19.1 Å². The fourth-order valence-corrected chi connectivity index (χ4v) is 5.02. The predicted molar refractivity (Wildman–Crippen MR) is 83.8 cm³/mol. The average Bonchev–Trinajstić information content (AvgIpc) is 3.35. The summed E-state index contributed by atoms with van der Waals surface area (Å²) in [5, 5.41) is 3.89. The lowest BCUT2D eigenvalue weighted by atomic mass is 9.83. The zero-order valence-electron chi connectivity index (χ0n) is 13.1. The summed E-state index contributed by atoms with van der Waals surface area (Å²) in [5.41, 5.74) is 0.793. The van der Waals surface area contributed by atoms with Gasteiger partial charge in [0.1, 0.15) is 0 Å². The summed E-state index contributed by atoms with van der Waals surface area (Å²) in [6.07, 6.45) is 14.9. The molecule has 0 amide bonds. The first-order valence-electron chi connectivity index (χ1n) is 9.31. The SMILES string of the molecule is C1CCC(C2CN(CC3(C4CC4)CC3)CCCN2)CC1. The summed E-state index contributed by atoms with van der Waals surface area (Å²) in [6.45, 7) is 5.39. The molecule has 1 unspecified atom stereocenters. The van der Waals surface area contributed by atoms with Gasteiger partial charge in [-0.3, -0.25) is 0 Å². The van der Waals surface area contributed by atoms with E-state index in [9.17, 15) is 0 Å². The molecule has 0 aromatic heterocycles. The highest BCUT2D eigenvalue weighted by Gasteiger charge is 2.54. The van der Waals surface area contributed by atoms with Gasteiger partial charge in [-0.05, 0) is 75.3 Å². The van der Waals surface area contributed by atoms with Crippen LogP contribution in [0, 0.1) is 17.3 Å². The van der Waals surface area contributed by atoms with Crippen LogP contribution in [0.2, 0.25) is 0 Å². The van der Waals surface area contributed by atoms with Crippen molar-refractivity contribution in [3.63, 3.8) is 0 Å². The second-order valence-corrected chi connectivity index (χ2v) is 8.18. The van der Waals surface area contributed by atoms with Gasteiger partial charge in [0.2, 0.25) is 0 Å². The Morgan fingerprint density at radius 3 is 2.45 bits per heavy atom. The van der Waals surface area contributed by atoms with Crippen LogP contribution < -0.4 is 5.32 Å². The zero-order valence-corrected chi connectivity index (χ0v) is 13.1. The molecule has 2 heteroatoms. The van der Waals surface area contributed by atoms with Crippen molar-refractivity contribution in [1.29, 1.82) is 0 Å². The van der Waals surface area contributed by atoms with Crippen LogP contribution in [0.5, 0.6) is 0 Å². The molecule has 2 nitrogen and oxygen atoms in total. The number of hydrogen-bond donors (Lipinski definition) is 1. The molecule has 4 aliphatic rings. The molecular formula is C18H32N2. The van der Waals surface area contributed by atoms with Crippen LogP contribution in [0.4, 0.5) is 0 Å². The molecule has 1 saturated heterocycles. The second kappa shape index (κ2) is 5.61. The number of rotatable bonds is 4. The van der Waals surface area contributed by atoms with E-state index in [1.165, 1.54) is 90.4 Å². The minimum Gasteiger partial charge on any atom is -0.312 e. The molecule has 1 aliphatic heterocycles. The number of hydrogen-bond acceptors (Lipinski definition) is 2. The Morgan fingerprint density at radius 2 is 1.75 bits per heavy atom. The molecule has 0 radical (unpaired) electrons. The third kappa shape index (κ3) is 2.92. The van der Waals surface area contributed by atoms with Crippen molar-refractivity contribution in [3.8, 4) is 0 Å². The van der Waals surface area contributed by atoms with Gasteiger partial charge in [0.15, 0.2) is 0 Å². The van der Waals surface area contributed by atoms with Gasteiger partial charge in [0.05, 0.1) is 0 Å². The van der Waals surface area contributed by atoms with Crippen LogP contribution in [0.25, 0.3) is 0 Å². The van der Waals surface area contributed by atoms with Crippen LogP contribution in [0.3, 0.4) is 0 Å². The van der Waals surface area contributed by atoms with E-state index in [2.05, 4.69) is 10.2 Å². The monoisotopic (exact) mass is 276 g/mol. The molecule has 1 N–H and O–H groups in total. The van der Waals surface area contributed by atoms with E-state index in [0.29, 0.717) is 0 Å². The lowest BCUT2D eigenvalue weighted by Crippen LogP contribution is -2.45. The molecule has 1 atom stereocenters. The fourth-order valence-electron chi connectivity index (χ4n) is 5.02. The third-order valence-electron chi connectivity index (χ3n) is 6.61. The van der Waals surface area contributed by atoms with Crippen molar-refractivity contribution in [3.05, 3.63) is 0 Å². The lowest BCUT2D eigenvalue weighted by molar-refractivity contribution is 0.171. The Bertz CT molecular complexity index is 326. The Hall–Kier alpha value is -0.0800. The zero-order chi connectivity index (χ0) is 13.4. The molecule has 4 fully saturated rings. The van der Waals surface area contributed by atoms with E-state index >= 15 is 0 Å². The van der Waals surface area contributed by atoms with Crippen molar-refractivity contribution in [1.82, 2.24) is 10.2 Å². The molecule has 4 rings (SSSR count). The van der Waals surface area contributed by atoms with Crippen molar-refractivity contribution >= 4 is 0 Å². The summed E-state index contributed by atoms with van der Waals surface area (Å²) >= 11 is 0. The Kier molecular flexibility index (Phi) is 3.80. The van der Waals surface area contributed by atoms with E-state index in [4.69, 9.17) is 0 Å². The van der Waals surface area contributed by atoms with E-state index in [1.54, 1.807) is 0 Å². The topological polar surface area (TPSA) is 15.3 Å². The van der Waals surface area contributed by atoms with Crippen LogP contribution in [-0.2, 0) is 0 Å². The van der Waals surface area contributed by atoms with Crippen molar-refractivity contribution < 1.29 is 0 Å². The Labute approximate surface area is 124 Å². The van der Waals surface area contributed by atoms with E-state index in [-0.39, 0.29) is 0 Å². The molecule has 0 bridgehead atoms. The molecule has 1 heterocycles. The van der Waals surface area contributed by atoms with Crippen molar-refractivity contribution in [2.75, 3.05) is 26.2 Å². The van der Waals surface area contributed by atoms with E-state index in [1.807, 2.05) is 0 Å². The molecule has 0 aromatic carbocycles. The van der Waals surface area contributed by atoms with Crippen LogP contribution >= 0.6 is 0 Å². The van der Waals surface area contributed by atoms with Gasteiger partial charge in [-0.25, -0.2) is 0 Å². The van der Waals surface area contributed by atoms with Gasteiger partial charge in [-0.2, -0.15) is 0 Å². The summed E-state index contributed by atoms with van der Waals surface area (Å²) in [7, 11) is 0. The molecule has 3 saturated carbocycles. The van der Waals surface area contributed by atoms with Gasteiger partial charge in [0.25, 0.3) is 0 Å². The van der Waals surface area contributed by atoms with Crippen LogP contribution in [-0.4, -0.2) is 37.1 Å². The number of nitrogens with one attached hydrogen (secondary N) is 1. The standard InChI is InChI=1S/C18H32N2/c1-2-5-15(6-3-1)17-13-20(12-4-11-19-17)14-18(9-10-18)16-7-8-16/h15-17,19H,1-14H2. The largest absolute Gasteiger partial charge is 0.312 e. The highest BCUT2D eigenvalue weighted by molar-refractivity contribution is 5.05. The van der Waals surface area contributed by atoms with Gasteiger partial charge < -0.3 is 10.2 Å². The van der Waals surface area contributed by atoms with Gasteiger partial charge >= 0.3 is 0 Å². The van der Waals surface area contributed by atoms with Crippen molar-refractivity contribution in [2.45, 2.75) is 70.3 Å². The maximum Gasteiger partial charge on any atom is 0.0223 e. The highest BCUT2D eigenvalue weighted by Crippen LogP contribution is 2.61. The van der Waals surface area contributed by atoms with Crippen LogP contribution in [0.1, 0.15) is 64.2 Å². The lowest BCUT2D eigenvalue weighted by Gasteiger charge is -2.34. The molecule has 0 spiro atoms. The quantitative estimate of drug-likeness (QED) is 0.846. The van der Waals surface area contributed by atoms with E-state index in [0.717, 1.165) is 23.3 Å². The summed E-state index contributed by atoms with van der Waals surface area (Å²) in [4.78, 5) is 2.85. The number of nitrogens with zero attached hydrogens (tertiary/aromatic N) is 1. The first kappa shape index (κ1) is 13.6. The van der Waals surface area contributed by atoms with E-state index < -0.39 is 0 Å². The van der Waals surface area contributed by atoms with Gasteiger partial charge in [-0.15, -0.1) is 0 Å². The minimum absolute atomic E-state index is 0.793. The molecule has 3 aliphatic carbocycles. The first-order valence-corrected chi connectivity index (χ1v) is 9.31. The summed E-state index contributed by atoms with van der Waals surface area (Å²) in [6, 6.07) is 0.799. The van der Waals surface area contributed by atoms with Crippen molar-refractivity contribution in [2.24, 2.45) is 17.3 Å². The summed E-state index contributed by atoms with van der Waals surface area (Å²) < 4.78 is 0. The third-order valence-corrected chi connectivity index (χ3v) is 6.61. The molecule has 114 valence electrons. The predicted octanol–water partition coefficient (Wildman–Crippen LogP) is 3.42. The smallest absolute Gasteiger partial charge is 0.0223 e. The molecule has 0 aromatic rings. The van der Waals surface area contributed by atoms with Gasteiger partial charge in [-0.1, -0.05) is 19.3 Å². The maximum absolute atomic E-state index is 3.89. The fraction of sp³-hybridized carbons (Fsp3) is 1.00. The highest BCUT2D eigenvalue weighted by atomic mass is 15.2.